The third-order valence-corrected chi connectivity index (χ3v) is 5.34. The average molecular weight is 509 g/mol. The first-order valence-corrected chi connectivity index (χ1v) is 11.1. The van der Waals surface area contributed by atoms with Crippen molar-refractivity contribution >= 4 is 23.2 Å². The van der Waals surface area contributed by atoms with Crippen LogP contribution in [0.1, 0.15) is 5.56 Å². The molecular weight excluding hydrogens is 488 g/mol. The van der Waals surface area contributed by atoms with Crippen LogP contribution in [0.15, 0.2) is 81.6 Å². The highest BCUT2D eigenvalue weighted by Gasteiger charge is 2.14. The van der Waals surface area contributed by atoms with Crippen LogP contribution in [0.25, 0.3) is 0 Å². The molecule has 0 fully saturated rings. The van der Waals surface area contributed by atoms with Crippen LogP contribution >= 0.6 is 11.6 Å². The fourth-order valence-electron chi connectivity index (χ4n) is 3.29. The van der Waals surface area contributed by atoms with E-state index in [0.29, 0.717) is 28.1 Å². The minimum absolute atomic E-state index is 0.0447. The van der Waals surface area contributed by atoms with Crippen molar-refractivity contribution in [1.29, 1.82) is 0 Å². The summed E-state index contributed by atoms with van der Waals surface area (Å²) >= 11 is 5.97. The van der Waals surface area contributed by atoms with Gasteiger partial charge in [0, 0.05) is 16.8 Å². The van der Waals surface area contributed by atoms with Crippen LogP contribution in [0, 0.1) is 4.91 Å². The zero-order chi connectivity index (χ0) is 25.5. The Morgan fingerprint density at radius 1 is 0.972 bits per heavy atom. The van der Waals surface area contributed by atoms with Gasteiger partial charge >= 0.3 is 11.4 Å². The van der Waals surface area contributed by atoms with Gasteiger partial charge in [-0.2, -0.15) is 9.89 Å². The second-order valence-corrected chi connectivity index (χ2v) is 7.94. The van der Waals surface area contributed by atoms with Crippen LogP contribution in [0.5, 0.6) is 17.4 Å². The van der Waals surface area contributed by atoms with Gasteiger partial charge in [-0.05, 0) is 48.0 Å². The summed E-state index contributed by atoms with van der Waals surface area (Å²) in [6.45, 7) is -0.275. The number of hydrogen-bond acceptors (Lipinski definition) is 9. The molecule has 0 spiro atoms. The number of pyridine rings is 1. The number of halogens is 1. The van der Waals surface area contributed by atoms with Gasteiger partial charge in [0.2, 0.25) is 11.8 Å². The number of benzene rings is 2. The van der Waals surface area contributed by atoms with E-state index in [1.54, 1.807) is 66.9 Å². The first kappa shape index (κ1) is 24.6. The maximum absolute atomic E-state index is 13.1. The molecular formula is C24H21ClN6O5. The molecule has 0 bridgehead atoms. The molecule has 4 rings (SSSR count). The summed E-state index contributed by atoms with van der Waals surface area (Å²) in [7, 11) is 1.53. The maximum atomic E-state index is 13.1. The molecule has 0 radical (unpaired) electrons. The lowest BCUT2D eigenvalue weighted by Crippen LogP contribution is -2.43. The Hall–Kier alpha value is -4.51. The lowest BCUT2D eigenvalue weighted by Gasteiger charge is -2.15. The van der Waals surface area contributed by atoms with E-state index >= 15 is 0 Å². The molecule has 0 unspecified atom stereocenters. The summed E-state index contributed by atoms with van der Waals surface area (Å²) in [6, 6.07) is 17.2. The smallest absolute Gasteiger partial charge is 0.355 e. The second kappa shape index (κ2) is 11.3. The van der Waals surface area contributed by atoms with E-state index in [1.807, 2.05) is 0 Å². The van der Waals surface area contributed by atoms with Crippen molar-refractivity contribution in [2.75, 3.05) is 19.0 Å². The summed E-state index contributed by atoms with van der Waals surface area (Å²) < 4.78 is 13.0. The van der Waals surface area contributed by atoms with E-state index < -0.39 is 11.4 Å². The number of hydrogen-bond donors (Lipinski definition) is 1. The van der Waals surface area contributed by atoms with Gasteiger partial charge in [-0.25, -0.2) is 19.1 Å². The van der Waals surface area contributed by atoms with Crippen LogP contribution in [-0.2, 0) is 13.1 Å². The van der Waals surface area contributed by atoms with Crippen molar-refractivity contribution in [2.24, 2.45) is 5.18 Å². The highest BCUT2D eigenvalue weighted by atomic mass is 35.5. The Labute approximate surface area is 209 Å². The molecule has 184 valence electrons. The number of nitrogens with zero attached hydrogens (tertiary/aromatic N) is 5. The van der Waals surface area contributed by atoms with E-state index in [1.165, 1.54) is 11.7 Å². The van der Waals surface area contributed by atoms with Crippen molar-refractivity contribution in [3.05, 3.63) is 103 Å². The molecule has 0 amide bonds. The molecule has 36 heavy (non-hydrogen) atoms. The van der Waals surface area contributed by atoms with Gasteiger partial charge in [-0.3, -0.25) is 4.57 Å². The van der Waals surface area contributed by atoms with Crippen molar-refractivity contribution in [1.82, 2.24) is 19.1 Å². The second-order valence-electron chi connectivity index (χ2n) is 7.51. The normalized spacial score (nSPS) is 10.6. The van der Waals surface area contributed by atoms with Crippen LogP contribution in [-0.4, -0.2) is 32.8 Å². The zero-order valence-corrected chi connectivity index (χ0v) is 19.9. The maximum Gasteiger partial charge on any atom is 0.355 e. The van der Waals surface area contributed by atoms with Gasteiger partial charge in [0.25, 0.3) is 0 Å². The first-order chi connectivity index (χ1) is 17.5. The van der Waals surface area contributed by atoms with Gasteiger partial charge in [0.15, 0.2) is 0 Å². The molecule has 11 nitrogen and oxygen atoms in total. The molecule has 4 aromatic rings. The molecule has 0 aliphatic heterocycles. The predicted molar refractivity (Wildman–Crippen MR) is 135 cm³/mol. The lowest BCUT2D eigenvalue weighted by molar-refractivity contribution is 0.395. The average Bonchev–Trinajstić information content (AvgIpc) is 2.89. The van der Waals surface area contributed by atoms with Crippen LogP contribution in [0.3, 0.4) is 0 Å². The van der Waals surface area contributed by atoms with Crippen LogP contribution in [0.2, 0.25) is 5.02 Å². The largest absolute Gasteiger partial charge is 0.481 e. The van der Waals surface area contributed by atoms with Crippen molar-refractivity contribution < 1.29 is 9.47 Å². The number of nitroso groups, excluding NO2 is 1. The number of aromatic nitrogens is 4. The van der Waals surface area contributed by atoms with Gasteiger partial charge in [0.05, 0.1) is 32.9 Å². The summed E-state index contributed by atoms with van der Waals surface area (Å²) in [5.74, 6) is 1.60. The Morgan fingerprint density at radius 2 is 1.69 bits per heavy atom. The molecule has 0 saturated heterocycles. The molecule has 0 saturated carbocycles. The molecule has 1 N–H and O–H groups in total. The van der Waals surface area contributed by atoms with Gasteiger partial charge in [-0.1, -0.05) is 28.9 Å². The molecule has 0 aliphatic carbocycles. The van der Waals surface area contributed by atoms with E-state index in [0.717, 1.165) is 10.1 Å². The summed E-state index contributed by atoms with van der Waals surface area (Å²) in [5, 5.41) is 6.31. The topological polar surface area (TPSA) is 130 Å². The van der Waals surface area contributed by atoms with E-state index in [9.17, 15) is 14.5 Å². The number of rotatable bonds is 10. The summed E-state index contributed by atoms with van der Waals surface area (Å²) in [4.78, 5) is 44.3. The van der Waals surface area contributed by atoms with Crippen LogP contribution < -0.4 is 26.2 Å². The van der Waals surface area contributed by atoms with E-state index in [4.69, 9.17) is 21.1 Å². The van der Waals surface area contributed by atoms with Crippen LogP contribution in [0.4, 0.5) is 11.6 Å². The Balaban J connectivity index is 1.60. The Bertz CT molecular complexity index is 1450. The van der Waals surface area contributed by atoms with Gasteiger partial charge < -0.3 is 14.8 Å². The first-order valence-electron chi connectivity index (χ1n) is 10.8. The third-order valence-electron chi connectivity index (χ3n) is 5.08. The molecule has 2 heterocycles. The summed E-state index contributed by atoms with van der Waals surface area (Å²) in [6.07, 6.45) is 1.54. The molecule has 2 aromatic heterocycles. The number of methoxy groups -OCH3 is 1. The number of ether oxygens (including phenoxy) is 2. The molecule has 0 aliphatic rings. The minimum Gasteiger partial charge on any atom is -0.481 e. The molecule has 2 aromatic carbocycles. The number of anilines is 2. The van der Waals surface area contributed by atoms with Gasteiger partial charge in [-0.15, -0.1) is 0 Å². The van der Waals surface area contributed by atoms with Gasteiger partial charge in [0.1, 0.15) is 11.5 Å². The van der Waals surface area contributed by atoms with E-state index in [2.05, 4.69) is 20.5 Å². The fraction of sp³-hybridized carbons (Fsp3) is 0.167. The minimum atomic E-state index is -0.787. The molecule has 0 atom stereocenters. The highest BCUT2D eigenvalue weighted by Crippen LogP contribution is 2.24. The van der Waals surface area contributed by atoms with Crippen molar-refractivity contribution in [3.63, 3.8) is 0 Å². The Morgan fingerprint density at radius 3 is 2.33 bits per heavy atom. The lowest BCUT2D eigenvalue weighted by atomic mass is 10.2. The standard InChI is InChI=1S/C24H21ClN6O5/c1-35-21-11-10-20(14-26-21)36-19-8-6-18(7-9-19)28-22-29-23(32)30(13-12-27-34)24(33)31(22)15-16-2-4-17(25)5-3-16/h2-11,14H,12-13,15H2,1H3,(H,28,29,32). The summed E-state index contributed by atoms with van der Waals surface area (Å²) in [5.41, 5.74) is -0.0749. The van der Waals surface area contributed by atoms with E-state index in [-0.39, 0.29) is 25.6 Å². The van der Waals surface area contributed by atoms with Crippen molar-refractivity contribution in [3.8, 4) is 17.4 Å². The fourth-order valence-corrected chi connectivity index (χ4v) is 3.42. The SMILES string of the molecule is COc1ccc(Oc2ccc(Nc3nc(=O)n(CCN=O)c(=O)n3Cc3ccc(Cl)cc3)cc2)cn1. The van der Waals surface area contributed by atoms with Crippen molar-refractivity contribution in [2.45, 2.75) is 13.1 Å². The highest BCUT2D eigenvalue weighted by molar-refractivity contribution is 6.30. The Kier molecular flexibility index (Phi) is 7.71. The monoisotopic (exact) mass is 508 g/mol. The third kappa shape index (κ3) is 5.94. The number of nitrogens with one attached hydrogen (secondary N) is 1. The molecule has 12 heteroatoms. The zero-order valence-electron chi connectivity index (χ0n) is 19.1. The predicted octanol–water partition coefficient (Wildman–Crippen LogP) is 3.81. The quantitative estimate of drug-likeness (QED) is 0.320.